The van der Waals surface area contributed by atoms with Gasteiger partial charge in [-0.1, -0.05) is 18.2 Å². The molecule has 0 amide bonds. The summed E-state index contributed by atoms with van der Waals surface area (Å²) in [5, 5.41) is 1.61. The highest BCUT2D eigenvalue weighted by Gasteiger charge is 2.00. The van der Waals surface area contributed by atoms with E-state index in [0.717, 1.165) is 10.9 Å². The van der Waals surface area contributed by atoms with Gasteiger partial charge in [0, 0.05) is 11.6 Å². The summed E-state index contributed by atoms with van der Waals surface area (Å²) in [6.07, 6.45) is 5.06. The van der Waals surface area contributed by atoms with Gasteiger partial charge in [0.1, 0.15) is 0 Å². The van der Waals surface area contributed by atoms with Gasteiger partial charge in [-0.2, -0.15) is 0 Å². The molecule has 0 bridgehead atoms. The Balaban J connectivity index is 2.81. The van der Waals surface area contributed by atoms with Crippen LogP contribution in [0.25, 0.3) is 17.0 Å². The van der Waals surface area contributed by atoms with Crippen molar-refractivity contribution in [3.05, 3.63) is 41.8 Å². The van der Waals surface area contributed by atoms with Crippen molar-refractivity contribution < 1.29 is 0 Å². The summed E-state index contributed by atoms with van der Waals surface area (Å²) >= 11 is 5.95. The number of fused-ring (bicyclic) bond motifs is 1. The van der Waals surface area contributed by atoms with E-state index in [1.165, 1.54) is 0 Å². The molecule has 0 unspecified atom stereocenters. The molecule has 2 aromatic heterocycles. The zero-order chi connectivity index (χ0) is 9.26. The maximum Gasteiger partial charge on any atom is 0.0893 e. The van der Waals surface area contributed by atoms with E-state index in [9.17, 15) is 0 Å². The lowest BCUT2D eigenvalue weighted by Gasteiger charge is -2.00. The molecule has 0 aliphatic rings. The first-order chi connectivity index (χ1) is 6.31. The maximum absolute atomic E-state index is 5.95. The van der Waals surface area contributed by atoms with Gasteiger partial charge < -0.3 is 0 Å². The fourth-order valence-electron chi connectivity index (χ4n) is 1.15. The fraction of sp³-hybridized carbons (Fsp3) is 0. The van der Waals surface area contributed by atoms with Gasteiger partial charge in [-0.25, -0.2) is 4.98 Å². The molecule has 2 aromatic rings. The van der Waals surface area contributed by atoms with Crippen molar-refractivity contribution in [3.63, 3.8) is 0 Å². The predicted molar refractivity (Wildman–Crippen MR) is 54.6 cm³/mol. The van der Waals surface area contributed by atoms with Gasteiger partial charge in [0.25, 0.3) is 0 Å². The van der Waals surface area contributed by atoms with Crippen molar-refractivity contribution in [1.82, 2.24) is 9.97 Å². The van der Waals surface area contributed by atoms with Gasteiger partial charge in [0.05, 0.1) is 22.4 Å². The second kappa shape index (κ2) is 3.15. The maximum atomic E-state index is 5.95. The third-order valence-corrected chi connectivity index (χ3v) is 2.10. The van der Waals surface area contributed by atoms with Crippen LogP contribution in [0.2, 0.25) is 5.02 Å². The molecule has 0 radical (unpaired) electrons. The molecule has 2 rings (SSSR count). The molecule has 0 fully saturated rings. The molecular weight excluding hydrogens is 184 g/mol. The molecule has 0 aliphatic carbocycles. The lowest BCUT2D eigenvalue weighted by atomic mass is 10.2. The van der Waals surface area contributed by atoms with Crippen LogP contribution in [0, 0.1) is 0 Å². The highest BCUT2D eigenvalue weighted by atomic mass is 35.5. The summed E-state index contributed by atoms with van der Waals surface area (Å²) in [4.78, 5) is 8.26. The van der Waals surface area contributed by atoms with Crippen molar-refractivity contribution in [2.75, 3.05) is 0 Å². The summed E-state index contributed by atoms with van der Waals surface area (Å²) in [6, 6.07) is 3.74. The molecule has 0 aliphatic heterocycles. The van der Waals surface area contributed by atoms with Crippen LogP contribution in [0.5, 0.6) is 0 Å². The number of hydrogen-bond acceptors (Lipinski definition) is 2. The Morgan fingerprint density at radius 3 is 3.08 bits per heavy atom. The minimum atomic E-state index is 0.619. The Bertz CT molecular complexity index is 465. The van der Waals surface area contributed by atoms with E-state index in [-0.39, 0.29) is 0 Å². The van der Waals surface area contributed by atoms with Crippen LogP contribution in [0.3, 0.4) is 0 Å². The third kappa shape index (κ3) is 1.40. The van der Waals surface area contributed by atoms with Gasteiger partial charge in [-0.05, 0) is 18.2 Å². The van der Waals surface area contributed by atoms with Crippen molar-refractivity contribution in [2.45, 2.75) is 0 Å². The second-order valence-electron chi connectivity index (χ2n) is 2.63. The number of hydrogen-bond donors (Lipinski definition) is 0. The van der Waals surface area contributed by atoms with Gasteiger partial charge >= 0.3 is 0 Å². The zero-order valence-electron chi connectivity index (χ0n) is 6.87. The first kappa shape index (κ1) is 8.20. The summed E-state index contributed by atoms with van der Waals surface area (Å²) < 4.78 is 0. The number of rotatable bonds is 1. The molecule has 2 heterocycles. The largest absolute Gasteiger partial charge is 0.262 e. The Labute approximate surface area is 80.9 Å². The molecular formula is C10H7ClN2. The Hall–Kier alpha value is -1.41. The van der Waals surface area contributed by atoms with E-state index >= 15 is 0 Å². The summed E-state index contributed by atoms with van der Waals surface area (Å²) in [5.74, 6) is 0. The summed E-state index contributed by atoms with van der Waals surface area (Å²) in [6.45, 7) is 3.63. The Morgan fingerprint density at radius 2 is 2.31 bits per heavy atom. The molecule has 0 spiro atoms. The van der Waals surface area contributed by atoms with E-state index in [1.54, 1.807) is 18.5 Å². The van der Waals surface area contributed by atoms with Crippen LogP contribution in [-0.4, -0.2) is 9.97 Å². The number of pyridine rings is 2. The molecule has 0 aromatic carbocycles. The minimum Gasteiger partial charge on any atom is -0.262 e. The smallest absolute Gasteiger partial charge is 0.0893 e. The minimum absolute atomic E-state index is 0.619. The van der Waals surface area contributed by atoms with E-state index in [4.69, 9.17) is 11.6 Å². The van der Waals surface area contributed by atoms with E-state index in [0.29, 0.717) is 10.7 Å². The standard InChI is InChI=1S/C10H7ClN2/c1-2-9-8(11)5-7-3-4-12-6-10(7)13-9/h2-6H,1H2. The molecule has 2 nitrogen and oxygen atoms in total. The van der Waals surface area contributed by atoms with Crippen LogP contribution < -0.4 is 0 Å². The first-order valence-electron chi connectivity index (χ1n) is 3.84. The topological polar surface area (TPSA) is 25.8 Å². The SMILES string of the molecule is C=Cc1nc2cnccc2cc1Cl. The molecule has 64 valence electrons. The van der Waals surface area contributed by atoms with E-state index < -0.39 is 0 Å². The van der Waals surface area contributed by atoms with E-state index in [1.807, 2.05) is 12.1 Å². The lowest BCUT2D eigenvalue weighted by molar-refractivity contribution is 1.30. The van der Waals surface area contributed by atoms with Crippen molar-refractivity contribution in [2.24, 2.45) is 0 Å². The quantitative estimate of drug-likeness (QED) is 0.691. The van der Waals surface area contributed by atoms with Crippen LogP contribution in [0.1, 0.15) is 5.69 Å². The monoisotopic (exact) mass is 190 g/mol. The normalized spacial score (nSPS) is 10.2. The van der Waals surface area contributed by atoms with Gasteiger partial charge in [0.2, 0.25) is 0 Å². The Morgan fingerprint density at radius 1 is 1.46 bits per heavy atom. The highest BCUT2D eigenvalue weighted by Crippen LogP contribution is 2.20. The fourth-order valence-corrected chi connectivity index (χ4v) is 1.39. The van der Waals surface area contributed by atoms with Crippen molar-refractivity contribution >= 4 is 28.6 Å². The second-order valence-corrected chi connectivity index (χ2v) is 3.04. The van der Waals surface area contributed by atoms with Crippen LogP contribution in [0.4, 0.5) is 0 Å². The Kier molecular flexibility index (Phi) is 1.99. The van der Waals surface area contributed by atoms with Crippen molar-refractivity contribution in [1.29, 1.82) is 0 Å². The number of nitrogens with zero attached hydrogens (tertiary/aromatic N) is 2. The lowest BCUT2D eigenvalue weighted by Crippen LogP contribution is -1.85. The highest BCUT2D eigenvalue weighted by molar-refractivity contribution is 6.32. The van der Waals surface area contributed by atoms with Gasteiger partial charge in [0.15, 0.2) is 0 Å². The first-order valence-corrected chi connectivity index (χ1v) is 4.22. The number of halogens is 1. The van der Waals surface area contributed by atoms with Crippen LogP contribution in [0.15, 0.2) is 31.1 Å². The molecule has 0 N–H and O–H groups in total. The summed E-state index contributed by atoms with van der Waals surface area (Å²) in [7, 11) is 0. The molecule has 0 saturated carbocycles. The van der Waals surface area contributed by atoms with Gasteiger partial charge in [-0.15, -0.1) is 0 Å². The third-order valence-electron chi connectivity index (χ3n) is 1.79. The molecule has 0 saturated heterocycles. The van der Waals surface area contributed by atoms with Crippen LogP contribution in [-0.2, 0) is 0 Å². The zero-order valence-corrected chi connectivity index (χ0v) is 7.62. The summed E-state index contributed by atoms with van der Waals surface area (Å²) in [5.41, 5.74) is 1.53. The molecule has 0 atom stereocenters. The average molecular weight is 191 g/mol. The van der Waals surface area contributed by atoms with Crippen LogP contribution >= 0.6 is 11.6 Å². The average Bonchev–Trinajstić information content (AvgIpc) is 2.17. The predicted octanol–water partition coefficient (Wildman–Crippen LogP) is 2.93. The van der Waals surface area contributed by atoms with E-state index in [2.05, 4.69) is 16.5 Å². The van der Waals surface area contributed by atoms with Gasteiger partial charge in [-0.3, -0.25) is 4.98 Å². The molecule has 3 heteroatoms. The van der Waals surface area contributed by atoms with Crippen molar-refractivity contribution in [3.8, 4) is 0 Å². The molecule has 13 heavy (non-hydrogen) atoms. The number of aromatic nitrogens is 2.